The number of ketones is 1. The molecule has 0 saturated heterocycles. The Balaban J connectivity index is 2.89. The third kappa shape index (κ3) is 2.16. The summed E-state index contributed by atoms with van der Waals surface area (Å²) in [5.74, 6) is 1.17. The van der Waals surface area contributed by atoms with E-state index < -0.39 is 0 Å². The standard InChI is InChI=1S/C11H17NO2/c1-5-12(8(2)3)11-7-6-10(14-11)9(4)13/h6-8H,5H2,1-4H3. The van der Waals surface area contributed by atoms with Crippen molar-refractivity contribution in [2.45, 2.75) is 33.7 Å². The zero-order valence-electron chi connectivity index (χ0n) is 9.20. The molecule has 0 amide bonds. The van der Waals surface area contributed by atoms with Crippen molar-refractivity contribution in [2.24, 2.45) is 0 Å². The van der Waals surface area contributed by atoms with E-state index in [1.165, 1.54) is 6.92 Å². The predicted molar refractivity (Wildman–Crippen MR) is 56.9 cm³/mol. The fourth-order valence-electron chi connectivity index (χ4n) is 1.45. The average Bonchev–Trinajstić information content (AvgIpc) is 2.53. The highest BCUT2D eigenvalue weighted by atomic mass is 16.4. The van der Waals surface area contributed by atoms with E-state index in [0.717, 1.165) is 12.4 Å². The van der Waals surface area contributed by atoms with E-state index in [1.54, 1.807) is 6.07 Å². The molecule has 0 atom stereocenters. The Labute approximate surface area is 84.7 Å². The first-order valence-corrected chi connectivity index (χ1v) is 4.93. The Kier molecular flexibility index (Phi) is 3.33. The summed E-state index contributed by atoms with van der Waals surface area (Å²) in [5.41, 5.74) is 0. The van der Waals surface area contributed by atoms with Crippen LogP contribution in [0.2, 0.25) is 0 Å². The van der Waals surface area contributed by atoms with E-state index in [2.05, 4.69) is 25.7 Å². The molecule has 0 unspecified atom stereocenters. The Bertz CT molecular complexity index is 315. The molecule has 14 heavy (non-hydrogen) atoms. The highest BCUT2D eigenvalue weighted by molar-refractivity contribution is 5.91. The molecule has 0 N–H and O–H groups in total. The minimum Gasteiger partial charge on any atom is -0.437 e. The average molecular weight is 195 g/mol. The van der Waals surface area contributed by atoms with Crippen LogP contribution in [0.1, 0.15) is 38.2 Å². The molecule has 1 rings (SSSR count). The third-order valence-corrected chi connectivity index (χ3v) is 2.19. The first-order valence-electron chi connectivity index (χ1n) is 4.93. The molecule has 1 aromatic rings. The minimum atomic E-state index is -0.0314. The van der Waals surface area contributed by atoms with E-state index in [4.69, 9.17) is 4.42 Å². The fourth-order valence-corrected chi connectivity index (χ4v) is 1.45. The minimum absolute atomic E-state index is 0.0314. The summed E-state index contributed by atoms with van der Waals surface area (Å²) < 4.78 is 5.44. The summed E-state index contributed by atoms with van der Waals surface area (Å²) in [6.07, 6.45) is 0. The second-order valence-electron chi connectivity index (χ2n) is 3.57. The molecule has 0 saturated carbocycles. The van der Waals surface area contributed by atoms with Crippen molar-refractivity contribution in [3.05, 3.63) is 17.9 Å². The van der Waals surface area contributed by atoms with Crippen LogP contribution in [-0.4, -0.2) is 18.4 Å². The van der Waals surface area contributed by atoms with Gasteiger partial charge in [0.15, 0.2) is 17.4 Å². The van der Waals surface area contributed by atoms with Crippen LogP contribution in [-0.2, 0) is 0 Å². The smallest absolute Gasteiger partial charge is 0.196 e. The molecule has 0 aliphatic heterocycles. The summed E-state index contributed by atoms with van der Waals surface area (Å²) in [5, 5.41) is 0. The molecule has 78 valence electrons. The van der Waals surface area contributed by atoms with Gasteiger partial charge in [0.2, 0.25) is 0 Å². The van der Waals surface area contributed by atoms with Gasteiger partial charge >= 0.3 is 0 Å². The van der Waals surface area contributed by atoms with Gasteiger partial charge in [-0.05, 0) is 26.8 Å². The van der Waals surface area contributed by atoms with Gasteiger partial charge in [0.1, 0.15) is 0 Å². The van der Waals surface area contributed by atoms with Crippen molar-refractivity contribution < 1.29 is 9.21 Å². The molecule has 0 aliphatic carbocycles. The summed E-state index contributed by atoms with van der Waals surface area (Å²) in [4.78, 5) is 13.1. The second-order valence-corrected chi connectivity index (χ2v) is 3.57. The van der Waals surface area contributed by atoms with E-state index >= 15 is 0 Å². The number of carbonyl (C=O) groups is 1. The predicted octanol–water partition coefficient (Wildman–Crippen LogP) is 2.72. The SMILES string of the molecule is CCN(c1ccc(C(C)=O)o1)C(C)C. The highest BCUT2D eigenvalue weighted by Gasteiger charge is 2.13. The lowest BCUT2D eigenvalue weighted by molar-refractivity contribution is 0.0987. The first-order chi connectivity index (χ1) is 6.56. The Hall–Kier alpha value is -1.25. The second kappa shape index (κ2) is 4.31. The van der Waals surface area contributed by atoms with Gasteiger partial charge < -0.3 is 9.32 Å². The van der Waals surface area contributed by atoms with Crippen molar-refractivity contribution in [3.8, 4) is 0 Å². The number of anilines is 1. The molecule has 1 aromatic heterocycles. The number of rotatable bonds is 4. The van der Waals surface area contributed by atoms with Crippen molar-refractivity contribution in [2.75, 3.05) is 11.4 Å². The number of hydrogen-bond donors (Lipinski definition) is 0. The molecular weight excluding hydrogens is 178 g/mol. The first kappa shape index (κ1) is 10.8. The summed E-state index contributed by atoms with van der Waals surface area (Å²) in [6.45, 7) is 8.64. The number of Topliss-reactive ketones (excluding diaryl/α,β-unsaturated/α-hetero) is 1. The number of furan rings is 1. The molecule has 0 bridgehead atoms. The Morgan fingerprint density at radius 2 is 2.14 bits per heavy atom. The quantitative estimate of drug-likeness (QED) is 0.692. The number of hydrogen-bond acceptors (Lipinski definition) is 3. The van der Waals surface area contributed by atoms with Crippen molar-refractivity contribution >= 4 is 11.7 Å². The van der Waals surface area contributed by atoms with Crippen molar-refractivity contribution in [3.63, 3.8) is 0 Å². The molecule has 0 radical (unpaired) electrons. The van der Waals surface area contributed by atoms with Crippen molar-refractivity contribution in [1.82, 2.24) is 0 Å². The van der Waals surface area contributed by atoms with Gasteiger partial charge in [-0.15, -0.1) is 0 Å². The van der Waals surface area contributed by atoms with Gasteiger partial charge in [0.25, 0.3) is 0 Å². The van der Waals surface area contributed by atoms with Crippen LogP contribution in [0.15, 0.2) is 16.5 Å². The normalized spacial score (nSPS) is 10.6. The number of nitrogens with zero attached hydrogens (tertiary/aromatic N) is 1. The molecule has 0 fully saturated rings. The lowest BCUT2D eigenvalue weighted by Gasteiger charge is -2.24. The van der Waals surface area contributed by atoms with Gasteiger partial charge in [-0.1, -0.05) is 0 Å². The monoisotopic (exact) mass is 195 g/mol. The van der Waals surface area contributed by atoms with Crippen LogP contribution < -0.4 is 4.90 Å². The van der Waals surface area contributed by atoms with Gasteiger partial charge in [-0.2, -0.15) is 0 Å². The van der Waals surface area contributed by atoms with Crippen LogP contribution in [0.4, 0.5) is 5.88 Å². The maximum Gasteiger partial charge on any atom is 0.196 e. The zero-order chi connectivity index (χ0) is 10.7. The van der Waals surface area contributed by atoms with Crippen LogP contribution >= 0.6 is 0 Å². The number of carbonyl (C=O) groups excluding carboxylic acids is 1. The van der Waals surface area contributed by atoms with Crippen LogP contribution in [0.5, 0.6) is 0 Å². The van der Waals surface area contributed by atoms with Crippen molar-refractivity contribution in [1.29, 1.82) is 0 Å². The topological polar surface area (TPSA) is 33.5 Å². The molecule has 1 heterocycles. The summed E-state index contributed by atoms with van der Waals surface area (Å²) in [7, 11) is 0. The van der Waals surface area contributed by atoms with E-state index in [1.807, 2.05) is 6.07 Å². The largest absolute Gasteiger partial charge is 0.437 e. The van der Waals surface area contributed by atoms with Crippen LogP contribution in [0.25, 0.3) is 0 Å². The Morgan fingerprint density at radius 3 is 2.50 bits per heavy atom. The molecule has 0 aromatic carbocycles. The lowest BCUT2D eigenvalue weighted by Crippen LogP contribution is -2.29. The van der Waals surface area contributed by atoms with Crippen LogP contribution in [0.3, 0.4) is 0 Å². The van der Waals surface area contributed by atoms with Gasteiger partial charge in [-0.25, -0.2) is 0 Å². The van der Waals surface area contributed by atoms with Gasteiger partial charge in [0, 0.05) is 25.6 Å². The van der Waals surface area contributed by atoms with Crippen LogP contribution in [0, 0.1) is 0 Å². The fraction of sp³-hybridized carbons (Fsp3) is 0.545. The molecule has 3 nitrogen and oxygen atoms in total. The molecular formula is C11H17NO2. The maximum atomic E-state index is 11.0. The molecule has 3 heteroatoms. The summed E-state index contributed by atoms with van der Waals surface area (Å²) >= 11 is 0. The van der Waals surface area contributed by atoms with Gasteiger partial charge in [-0.3, -0.25) is 4.79 Å². The van der Waals surface area contributed by atoms with E-state index in [0.29, 0.717) is 11.8 Å². The summed E-state index contributed by atoms with van der Waals surface area (Å²) in [6, 6.07) is 3.95. The third-order valence-electron chi connectivity index (χ3n) is 2.19. The lowest BCUT2D eigenvalue weighted by atomic mass is 10.3. The maximum absolute atomic E-state index is 11.0. The highest BCUT2D eigenvalue weighted by Crippen LogP contribution is 2.20. The molecule has 0 spiro atoms. The molecule has 0 aliphatic rings. The Morgan fingerprint density at radius 1 is 1.50 bits per heavy atom. The van der Waals surface area contributed by atoms with E-state index in [-0.39, 0.29) is 5.78 Å². The van der Waals surface area contributed by atoms with Gasteiger partial charge in [0.05, 0.1) is 0 Å². The van der Waals surface area contributed by atoms with E-state index in [9.17, 15) is 4.79 Å². The zero-order valence-corrected chi connectivity index (χ0v) is 9.20.